The summed E-state index contributed by atoms with van der Waals surface area (Å²) < 4.78 is 0. The minimum atomic E-state index is 1.27. The van der Waals surface area contributed by atoms with E-state index in [1.165, 1.54) is 86.8 Å². The van der Waals surface area contributed by atoms with E-state index in [4.69, 9.17) is 0 Å². The summed E-state index contributed by atoms with van der Waals surface area (Å²) in [5.74, 6) is 0. The van der Waals surface area contributed by atoms with Crippen molar-refractivity contribution in [2.45, 2.75) is 6.92 Å². The first kappa shape index (κ1) is 21.5. The Bertz CT molecular complexity index is 2260. The van der Waals surface area contributed by atoms with Gasteiger partial charge in [-0.05, 0) is 113 Å². The highest BCUT2D eigenvalue weighted by Gasteiger charge is 2.14. The van der Waals surface area contributed by atoms with Gasteiger partial charge in [-0.25, -0.2) is 0 Å². The van der Waals surface area contributed by atoms with Gasteiger partial charge in [-0.3, -0.25) is 0 Å². The van der Waals surface area contributed by atoms with Crippen molar-refractivity contribution in [3.05, 3.63) is 127 Å². The number of fused-ring (bicyclic) bond motifs is 8. The lowest BCUT2D eigenvalue weighted by atomic mass is 9.83. The first-order chi connectivity index (χ1) is 18.7. The van der Waals surface area contributed by atoms with E-state index in [1.54, 1.807) is 0 Å². The van der Waals surface area contributed by atoms with Gasteiger partial charge in [-0.1, -0.05) is 103 Å². The van der Waals surface area contributed by atoms with Gasteiger partial charge in [0.15, 0.2) is 0 Å². The fourth-order valence-electron chi connectivity index (χ4n) is 6.63. The van der Waals surface area contributed by atoms with Gasteiger partial charge in [0.25, 0.3) is 0 Å². The molecule has 0 spiro atoms. The summed E-state index contributed by atoms with van der Waals surface area (Å²) in [5, 5.41) is 15.8. The van der Waals surface area contributed by atoms with Crippen LogP contribution in [0.1, 0.15) is 5.56 Å². The van der Waals surface area contributed by atoms with Crippen LogP contribution in [0.5, 0.6) is 0 Å². The van der Waals surface area contributed by atoms with Gasteiger partial charge in [0.05, 0.1) is 0 Å². The highest BCUT2D eigenvalue weighted by atomic mass is 14.2. The van der Waals surface area contributed by atoms with Gasteiger partial charge in [0.1, 0.15) is 7.85 Å². The average molecular weight is 480 g/mol. The predicted octanol–water partition coefficient (Wildman–Crippen LogP) is 8.84. The van der Waals surface area contributed by atoms with E-state index >= 15 is 0 Å². The van der Waals surface area contributed by atoms with Crippen molar-refractivity contribution in [1.29, 1.82) is 0 Å². The van der Waals surface area contributed by atoms with E-state index in [0.29, 0.717) is 0 Å². The molecular formula is C37H25B. The Morgan fingerprint density at radius 2 is 1.00 bits per heavy atom. The van der Waals surface area contributed by atoms with Gasteiger partial charge in [-0.2, -0.15) is 0 Å². The van der Waals surface area contributed by atoms with Crippen LogP contribution in [0.3, 0.4) is 0 Å². The van der Waals surface area contributed by atoms with Crippen LogP contribution in [0.25, 0.3) is 75.8 Å². The third-order valence-electron chi connectivity index (χ3n) is 8.60. The van der Waals surface area contributed by atoms with E-state index < -0.39 is 0 Å². The highest BCUT2D eigenvalue weighted by Crippen LogP contribution is 2.40. The Labute approximate surface area is 222 Å². The molecule has 0 aliphatic carbocycles. The summed E-state index contributed by atoms with van der Waals surface area (Å²) in [6.07, 6.45) is 0. The number of benzene rings is 8. The molecule has 8 aromatic carbocycles. The lowest BCUT2D eigenvalue weighted by molar-refractivity contribution is 1.59. The molecule has 0 amide bonds. The van der Waals surface area contributed by atoms with Gasteiger partial charge in [-0.15, -0.1) is 0 Å². The maximum atomic E-state index is 2.42. The smallest absolute Gasteiger partial charge is 0.0736 e. The van der Waals surface area contributed by atoms with Crippen molar-refractivity contribution in [2.24, 2.45) is 0 Å². The second-order valence-electron chi connectivity index (χ2n) is 10.6. The second-order valence-corrected chi connectivity index (χ2v) is 10.6. The summed E-state index contributed by atoms with van der Waals surface area (Å²) in [7, 11) is 2.25. The fourth-order valence-corrected chi connectivity index (χ4v) is 6.63. The standard InChI is InChI=1S/C37H25B/c1-22-27-10-4-2-8-24(27)19-35-30-13-7-6-12-29(30)34(21-32(22)35)26-15-14-23-16-17-31-36(33(23)18-26)20-25-9-3-5-11-28(25)37(31)38/h2-21H,38H2,1H3. The zero-order valence-corrected chi connectivity index (χ0v) is 21.5. The van der Waals surface area contributed by atoms with Crippen molar-refractivity contribution in [3.8, 4) is 11.1 Å². The highest BCUT2D eigenvalue weighted by molar-refractivity contribution is 6.46. The molecular weight excluding hydrogens is 455 g/mol. The summed E-state index contributed by atoms with van der Waals surface area (Å²) in [6, 6.07) is 45.1. The molecule has 0 atom stereocenters. The monoisotopic (exact) mass is 480 g/mol. The van der Waals surface area contributed by atoms with E-state index in [2.05, 4.69) is 136 Å². The molecule has 0 radical (unpaired) electrons. The summed E-state index contributed by atoms with van der Waals surface area (Å²) in [4.78, 5) is 0. The second kappa shape index (κ2) is 7.94. The van der Waals surface area contributed by atoms with Gasteiger partial charge >= 0.3 is 0 Å². The van der Waals surface area contributed by atoms with E-state index in [0.717, 1.165) is 0 Å². The molecule has 38 heavy (non-hydrogen) atoms. The van der Waals surface area contributed by atoms with Crippen LogP contribution in [0.4, 0.5) is 0 Å². The predicted molar refractivity (Wildman–Crippen MR) is 170 cm³/mol. The molecule has 0 fully saturated rings. The number of aryl methyl sites for hydroxylation is 1. The van der Waals surface area contributed by atoms with E-state index in [1.807, 2.05) is 0 Å². The first-order valence-electron chi connectivity index (χ1n) is 13.4. The van der Waals surface area contributed by atoms with Crippen LogP contribution in [0, 0.1) is 6.92 Å². The van der Waals surface area contributed by atoms with Gasteiger partial charge in [0.2, 0.25) is 0 Å². The molecule has 1 heteroatoms. The van der Waals surface area contributed by atoms with Gasteiger partial charge in [0, 0.05) is 0 Å². The number of rotatable bonds is 1. The Hall–Kier alpha value is -4.62. The minimum Gasteiger partial charge on any atom is -0.0736 e. The molecule has 0 saturated carbocycles. The molecule has 0 heterocycles. The molecule has 0 aromatic heterocycles. The molecule has 176 valence electrons. The van der Waals surface area contributed by atoms with E-state index in [9.17, 15) is 0 Å². The van der Waals surface area contributed by atoms with Crippen molar-refractivity contribution >= 4 is 77.9 Å². The summed E-state index contributed by atoms with van der Waals surface area (Å²) >= 11 is 0. The van der Waals surface area contributed by atoms with Crippen LogP contribution in [0.15, 0.2) is 121 Å². The Morgan fingerprint density at radius 1 is 0.395 bits per heavy atom. The lowest BCUT2D eigenvalue weighted by Gasteiger charge is -2.16. The molecule has 8 aromatic rings. The minimum absolute atomic E-state index is 1.27. The normalized spacial score (nSPS) is 11.9. The van der Waals surface area contributed by atoms with Crippen molar-refractivity contribution < 1.29 is 0 Å². The molecule has 0 aliphatic heterocycles. The summed E-state index contributed by atoms with van der Waals surface area (Å²) in [5.41, 5.74) is 5.26. The third-order valence-corrected chi connectivity index (χ3v) is 8.60. The fraction of sp³-hybridized carbons (Fsp3) is 0.0270. The first-order valence-corrected chi connectivity index (χ1v) is 13.4. The molecule has 0 aliphatic rings. The zero-order chi connectivity index (χ0) is 25.4. The Morgan fingerprint density at radius 3 is 1.79 bits per heavy atom. The van der Waals surface area contributed by atoms with Crippen LogP contribution in [0.2, 0.25) is 0 Å². The number of hydrogen-bond acceptors (Lipinski definition) is 0. The molecule has 0 nitrogen and oxygen atoms in total. The Kier molecular flexibility index (Phi) is 4.49. The molecule has 0 unspecified atom stereocenters. The molecule has 0 saturated heterocycles. The average Bonchev–Trinajstić information content (AvgIpc) is 2.97. The molecule has 0 bridgehead atoms. The molecule has 8 rings (SSSR count). The van der Waals surface area contributed by atoms with Crippen molar-refractivity contribution in [3.63, 3.8) is 0 Å². The van der Waals surface area contributed by atoms with Gasteiger partial charge < -0.3 is 0 Å². The Balaban J connectivity index is 1.48. The van der Waals surface area contributed by atoms with E-state index in [-0.39, 0.29) is 0 Å². The van der Waals surface area contributed by atoms with Crippen molar-refractivity contribution in [1.82, 2.24) is 0 Å². The molecule has 0 N–H and O–H groups in total. The van der Waals surface area contributed by atoms with Crippen LogP contribution >= 0.6 is 0 Å². The third kappa shape index (κ3) is 2.99. The van der Waals surface area contributed by atoms with Crippen LogP contribution in [-0.2, 0) is 0 Å². The largest absolute Gasteiger partial charge is 0.140 e. The van der Waals surface area contributed by atoms with Crippen LogP contribution in [-0.4, -0.2) is 7.85 Å². The quantitative estimate of drug-likeness (QED) is 0.125. The topological polar surface area (TPSA) is 0 Å². The maximum Gasteiger partial charge on any atom is 0.140 e. The zero-order valence-electron chi connectivity index (χ0n) is 21.5. The summed E-state index contributed by atoms with van der Waals surface area (Å²) in [6.45, 7) is 2.27. The SMILES string of the molecule is Bc1c2ccccc2cc2c1ccc1ccc(-c3cc4c(C)c5ccccc5cc4c4ccccc34)cc12. The lowest BCUT2D eigenvalue weighted by Crippen LogP contribution is -2.05. The van der Waals surface area contributed by atoms with Crippen molar-refractivity contribution in [2.75, 3.05) is 0 Å². The maximum absolute atomic E-state index is 2.42. The number of hydrogen-bond donors (Lipinski definition) is 0. The van der Waals surface area contributed by atoms with Crippen LogP contribution < -0.4 is 5.46 Å².